The first kappa shape index (κ1) is 29.8. The Morgan fingerprint density at radius 3 is 2.61 bits per heavy atom. The number of piperidine rings is 1. The summed E-state index contributed by atoms with van der Waals surface area (Å²) in [7, 11) is -3.71. The van der Waals surface area contributed by atoms with Crippen LogP contribution in [0.15, 0.2) is 53.5 Å². The molecule has 0 aliphatic carbocycles. The summed E-state index contributed by atoms with van der Waals surface area (Å²) in [5, 5.41) is 10.4. The number of hydrogen-bond acceptors (Lipinski definition) is 8. The molecule has 2 aromatic carbocycles. The highest BCUT2D eigenvalue weighted by Crippen LogP contribution is 2.29. The number of ether oxygens (including phenoxy) is 1. The lowest BCUT2D eigenvalue weighted by Crippen LogP contribution is -2.41. The van der Waals surface area contributed by atoms with Crippen molar-refractivity contribution in [3.8, 4) is 5.75 Å². The van der Waals surface area contributed by atoms with E-state index in [2.05, 4.69) is 15.2 Å². The van der Waals surface area contributed by atoms with Crippen molar-refractivity contribution in [2.45, 2.75) is 38.7 Å². The third-order valence-electron chi connectivity index (χ3n) is 6.93. The first-order chi connectivity index (χ1) is 19.5. The molecule has 4 N–H and O–H groups in total. The largest absolute Gasteiger partial charge is 0.489 e. The Hall–Kier alpha value is -4.19. The normalized spacial score (nSPS) is 16.0. The van der Waals surface area contributed by atoms with Crippen molar-refractivity contribution in [1.82, 2.24) is 10.2 Å². The average molecular weight is 581 g/mol. The summed E-state index contributed by atoms with van der Waals surface area (Å²) in [6.45, 7) is 3.88. The topological polar surface area (TPSA) is 158 Å². The molecule has 41 heavy (non-hydrogen) atoms. The Labute approximate surface area is 240 Å². The van der Waals surface area contributed by atoms with Gasteiger partial charge in [-0.05, 0) is 36.2 Å². The first-order valence-corrected chi connectivity index (χ1v) is 15.4. The zero-order valence-electron chi connectivity index (χ0n) is 23.3. The summed E-state index contributed by atoms with van der Waals surface area (Å²) in [5.74, 6) is 0.423. The number of amides is 2. The minimum atomic E-state index is -3.71. The van der Waals surface area contributed by atoms with Gasteiger partial charge in [0.05, 0.1) is 29.9 Å². The summed E-state index contributed by atoms with van der Waals surface area (Å²) in [5.41, 5.74) is 7.32. The van der Waals surface area contributed by atoms with Gasteiger partial charge >= 0.3 is 0 Å². The molecule has 2 aliphatic rings. The van der Waals surface area contributed by atoms with E-state index in [9.17, 15) is 18.0 Å². The first-order valence-electron chi connectivity index (χ1n) is 13.5. The second-order valence-corrected chi connectivity index (χ2v) is 12.0. The summed E-state index contributed by atoms with van der Waals surface area (Å²) in [6, 6.07) is 11.6. The van der Waals surface area contributed by atoms with E-state index in [-0.39, 0.29) is 35.6 Å². The number of carbonyl (C=O) groups is 2. The van der Waals surface area contributed by atoms with E-state index >= 15 is 0 Å². The number of amidine groups is 2. The van der Waals surface area contributed by atoms with Crippen molar-refractivity contribution in [2.24, 2.45) is 10.7 Å². The molecule has 2 aromatic rings. The highest BCUT2D eigenvalue weighted by Gasteiger charge is 2.26. The van der Waals surface area contributed by atoms with E-state index in [1.807, 2.05) is 0 Å². The van der Waals surface area contributed by atoms with Gasteiger partial charge in [-0.1, -0.05) is 30.4 Å². The van der Waals surface area contributed by atoms with Crippen molar-refractivity contribution >= 4 is 45.3 Å². The second kappa shape index (κ2) is 13.0. The summed E-state index contributed by atoms with van der Waals surface area (Å²) in [6.07, 6.45) is 8.06. The maximum absolute atomic E-state index is 12.7. The Kier molecular flexibility index (Phi) is 9.43. The lowest BCUT2D eigenvalue weighted by atomic mass is 10.1. The van der Waals surface area contributed by atoms with Crippen LogP contribution in [0.25, 0.3) is 6.08 Å². The molecule has 2 aliphatic heterocycles. The van der Waals surface area contributed by atoms with Crippen LogP contribution in [0.5, 0.6) is 5.75 Å². The molecule has 1 fully saturated rings. The van der Waals surface area contributed by atoms with Crippen molar-refractivity contribution in [1.29, 1.82) is 5.41 Å². The van der Waals surface area contributed by atoms with E-state index in [1.165, 1.54) is 17.3 Å². The number of nitrogens with zero attached hydrogens (tertiary/aromatic N) is 3. The SMILES string of the molecule is CC(=O)NC(=N)c1cccc(/C=C/CN(c2ccc(OC3CCN(C4=NCCC4)CC3)c(C(N)=O)c2)S(C)(=O)=O)c1. The molecule has 0 bridgehead atoms. The van der Waals surface area contributed by atoms with Gasteiger partial charge in [0, 0.05) is 51.4 Å². The van der Waals surface area contributed by atoms with Crippen molar-refractivity contribution < 1.29 is 22.7 Å². The van der Waals surface area contributed by atoms with E-state index in [0.29, 0.717) is 11.3 Å². The maximum atomic E-state index is 12.7. The molecule has 218 valence electrons. The molecule has 0 saturated carbocycles. The molecule has 11 nitrogen and oxygen atoms in total. The van der Waals surface area contributed by atoms with Gasteiger partial charge < -0.3 is 20.7 Å². The zero-order chi connectivity index (χ0) is 29.6. The van der Waals surface area contributed by atoms with Crippen LogP contribution < -0.4 is 20.1 Å². The number of primary amides is 1. The Bertz CT molecular complexity index is 1480. The number of aliphatic imine (C=N–C) groups is 1. The number of nitrogens with one attached hydrogen (secondary N) is 2. The van der Waals surface area contributed by atoms with Crippen LogP contribution in [0.1, 0.15) is 54.1 Å². The van der Waals surface area contributed by atoms with Gasteiger partial charge in [0.1, 0.15) is 17.7 Å². The number of rotatable bonds is 9. The molecule has 12 heteroatoms. The van der Waals surface area contributed by atoms with Gasteiger partial charge in [-0.3, -0.25) is 24.3 Å². The molecule has 4 rings (SSSR count). The van der Waals surface area contributed by atoms with Gasteiger partial charge in [0.2, 0.25) is 15.9 Å². The smallest absolute Gasteiger partial charge is 0.252 e. The second-order valence-electron chi connectivity index (χ2n) is 10.1. The highest BCUT2D eigenvalue weighted by atomic mass is 32.2. The van der Waals surface area contributed by atoms with Gasteiger partial charge in [0.25, 0.3) is 5.91 Å². The highest BCUT2D eigenvalue weighted by molar-refractivity contribution is 7.92. The number of sulfonamides is 1. The fourth-order valence-electron chi connectivity index (χ4n) is 4.93. The predicted molar refractivity (Wildman–Crippen MR) is 160 cm³/mol. The van der Waals surface area contributed by atoms with Crippen molar-refractivity contribution in [2.75, 3.05) is 36.7 Å². The molecular formula is C29H36N6O5S. The minimum absolute atomic E-state index is 0.00699. The molecule has 0 spiro atoms. The van der Waals surface area contributed by atoms with Gasteiger partial charge in [-0.25, -0.2) is 8.42 Å². The van der Waals surface area contributed by atoms with Crippen molar-refractivity contribution in [3.63, 3.8) is 0 Å². The van der Waals surface area contributed by atoms with Crippen LogP contribution in [0.3, 0.4) is 0 Å². The number of nitrogens with two attached hydrogens (primary N) is 1. The average Bonchev–Trinajstić information content (AvgIpc) is 3.46. The molecular weight excluding hydrogens is 544 g/mol. The third-order valence-corrected chi connectivity index (χ3v) is 8.09. The summed E-state index contributed by atoms with van der Waals surface area (Å²) in [4.78, 5) is 30.5. The quantitative estimate of drug-likeness (QED) is 0.306. The van der Waals surface area contributed by atoms with Crippen LogP contribution in [-0.2, 0) is 14.8 Å². The molecule has 2 heterocycles. The van der Waals surface area contributed by atoms with E-state index in [0.717, 1.165) is 63.0 Å². The Morgan fingerprint density at radius 2 is 1.98 bits per heavy atom. The Balaban J connectivity index is 1.47. The maximum Gasteiger partial charge on any atom is 0.252 e. The number of benzene rings is 2. The van der Waals surface area contributed by atoms with E-state index < -0.39 is 15.9 Å². The Morgan fingerprint density at radius 1 is 1.22 bits per heavy atom. The fourth-order valence-corrected chi connectivity index (χ4v) is 5.78. The molecule has 0 atom stereocenters. The molecule has 0 unspecified atom stereocenters. The van der Waals surface area contributed by atoms with Gasteiger partial charge in [-0.15, -0.1) is 0 Å². The number of anilines is 1. The van der Waals surface area contributed by atoms with Gasteiger partial charge in [0.15, 0.2) is 0 Å². The van der Waals surface area contributed by atoms with Crippen LogP contribution in [0.2, 0.25) is 0 Å². The number of likely N-dealkylation sites (tertiary alicyclic amines) is 1. The molecule has 1 saturated heterocycles. The summed E-state index contributed by atoms with van der Waals surface area (Å²) >= 11 is 0. The third kappa shape index (κ3) is 7.94. The summed E-state index contributed by atoms with van der Waals surface area (Å²) < 4.78 is 32.8. The number of carbonyl (C=O) groups excluding carboxylic acids is 2. The van der Waals surface area contributed by atoms with Crippen molar-refractivity contribution in [3.05, 3.63) is 65.2 Å². The standard InChI is InChI=1S/C29H36N6O5S/c1-20(36)33-28(30)22-8-3-6-21(18-22)7-5-15-35(41(2,38)39)23-10-11-26(25(19-23)29(31)37)40-24-12-16-34(17-13-24)27-9-4-14-32-27/h3,5-8,10-11,18-19,24H,4,9,12-17H2,1-2H3,(H2,31,37)(H2,30,33,36)/b7-5+. The lowest BCUT2D eigenvalue weighted by Gasteiger charge is -2.34. The fraction of sp³-hybridized carbons (Fsp3) is 0.379. The van der Waals surface area contributed by atoms with Crippen LogP contribution in [-0.4, -0.2) is 75.3 Å². The minimum Gasteiger partial charge on any atom is -0.489 e. The van der Waals surface area contributed by atoms with Crippen LogP contribution in [0.4, 0.5) is 5.69 Å². The van der Waals surface area contributed by atoms with Crippen LogP contribution >= 0.6 is 0 Å². The zero-order valence-corrected chi connectivity index (χ0v) is 24.1. The molecule has 0 radical (unpaired) electrons. The lowest BCUT2D eigenvalue weighted by molar-refractivity contribution is -0.117. The van der Waals surface area contributed by atoms with E-state index in [1.54, 1.807) is 48.6 Å². The molecule has 0 aromatic heterocycles. The predicted octanol–water partition coefficient (Wildman–Crippen LogP) is 2.76. The molecule has 2 amide bonds. The van der Waals surface area contributed by atoms with Crippen LogP contribution in [0, 0.1) is 5.41 Å². The number of hydrogen-bond donors (Lipinski definition) is 3. The van der Waals surface area contributed by atoms with Gasteiger partial charge in [-0.2, -0.15) is 0 Å². The monoisotopic (exact) mass is 580 g/mol. The van der Waals surface area contributed by atoms with E-state index in [4.69, 9.17) is 15.9 Å².